The maximum absolute atomic E-state index is 11.7. The Hall–Kier alpha value is -0.280. The highest BCUT2D eigenvalue weighted by Crippen LogP contribution is 2.18. The zero-order valence-corrected chi connectivity index (χ0v) is 10.7. The Kier molecular flexibility index (Phi) is 4.69. The van der Waals surface area contributed by atoms with Crippen LogP contribution >= 0.6 is 27.7 Å². The van der Waals surface area contributed by atoms with E-state index in [-0.39, 0.29) is 5.78 Å². The van der Waals surface area contributed by atoms with Gasteiger partial charge in [-0.05, 0) is 30.9 Å². The van der Waals surface area contributed by atoms with E-state index in [1.165, 1.54) is 0 Å². The van der Waals surface area contributed by atoms with E-state index in [1.54, 1.807) is 11.8 Å². The first-order chi connectivity index (χ1) is 6.65. The second-order valence-electron chi connectivity index (χ2n) is 3.13. The summed E-state index contributed by atoms with van der Waals surface area (Å²) >= 11 is 5.08. The van der Waals surface area contributed by atoms with E-state index >= 15 is 0 Å². The minimum atomic E-state index is 0.234. The fourth-order valence-electron chi connectivity index (χ4n) is 1.22. The van der Waals surface area contributed by atoms with Gasteiger partial charge in [-0.3, -0.25) is 4.79 Å². The summed E-state index contributed by atoms with van der Waals surface area (Å²) in [4.78, 5) is 11.7. The van der Waals surface area contributed by atoms with E-state index in [9.17, 15) is 4.79 Å². The standard InChI is InChI=1S/C11H13BrOS/c1-8-3-4-9(12)7-10(8)11(13)5-6-14-2/h3-4,7H,5-6H2,1-2H3. The van der Waals surface area contributed by atoms with Crippen LogP contribution in [0, 0.1) is 6.92 Å². The van der Waals surface area contributed by atoms with E-state index < -0.39 is 0 Å². The first-order valence-corrected chi connectivity index (χ1v) is 6.62. The van der Waals surface area contributed by atoms with Crippen LogP contribution in [0.3, 0.4) is 0 Å². The Morgan fingerprint density at radius 1 is 1.50 bits per heavy atom. The van der Waals surface area contributed by atoms with Gasteiger partial charge in [0.2, 0.25) is 0 Å². The molecule has 0 bridgehead atoms. The van der Waals surface area contributed by atoms with Gasteiger partial charge in [-0.1, -0.05) is 22.0 Å². The number of aryl methyl sites for hydroxylation is 1. The predicted octanol–water partition coefficient (Wildman–Crippen LogP) is 3.69. The lowest BCUT2D eigenvalue weighted by Crippen LogP contribution is -2.02. The summed E-state index contributed by atoms with van der Waals surface area (Å²) in [6.45, 7) is 1.97. The molecule has 1 aromatic rings. The van der Waals surface area contributed by atoms with Crippen molar-refractivity contribution in [3.05, 3.63) is 33.8 Å². The van der Waals surface area contributed by atoms with Gasteiger partial charge in [-0.2, -0.15) is 11.8 Å². The van der Waals surface area contributed by atoms with Crippen LogP contribution in [0.4, 0.5) is 0 Å². The van der Waals surface area contributed by atoms with Crippen LogP contribution in [0.2, 0.25) is 0 Å². The lowest BCUT2D eigenvalue weighted by atomic mass is 10.0. The van der Waals surface area contributed by atoms with Crippen molar-refractivity contribution in [1.29, 1.82) is 0 Å². The molecule has 0 heterocycles. The molecule has 76 valence electrons. The van der Waals surface area contributed by atoms with Crippen LogP contribution in [0.25, 0.3) is 0 Å². The summed E-state index contributed by atoms with van der Waals surface area (Å²) in [5.41, 5.74) is 1.90. The molecule has 1 aromatic carbocycles. The number of benzene rings is 1. The average molecular weight is 273 g/mol. The third kappa shape index (κ3) is 3.14. The molecule has 3 heteroatoms. The molecule has 0 aliphatic carbocycles. The third-order valence-corrected chi connectivity index (χ3v) is 3.14. The van der Waals surface area contributed by atoms with E-state index in [2.05, 4.69) is 15.9 Å². The quantitative estimate of drug-likeness (QED) is 0.778. The highest BCUT2D eigenvalue weighted by molar-refractivity contribution is 9.10. The zero-order valence-electron chi connectivity index (χ0n) is 8.34. The molecule has 1 rings (SSSR count). The lowest BCUT2D eigenvalue weighted by Gasteiger charge is -2.04. The summed E-state index contributed by atoms with van der Waals surface area (Å²) < 4.78 is 0.968. The summed E-state index contributed by atoms with van der Waals surface area (Å²) in [6, 6.07) is 5.83. The predicted molar refractivity (Wildman–Crippen MR) is 66.2 cm³/mol. The number of hydrogen-bond donors (Lipinski definition) is 0. The molecular formula is C11H13BrOS. The molecule has 0 aliphatic heterocycles. The van der Waals surface area contributed by atoms with Crippen LogP contribution in [0.5, 0.6) is 0 Å². The molecule has 0 fully saturated rings. The number of hydrogen-bond acceptors (Lipinski definition) is 2. The van der Waals surface area contributed by atoms with Crippen LogP contribution in [0.1, 0.15) is 22.3 Å². The van der Waals surface area contributed by atoms with Crippen molar-refractivity contribution >= 4 is 33.5 Å². The molecule has 0 saturated heterocycles. The normalized spacial score (nSPS) is 10.2. The number of ketones is 1. The SMILES string of the molecule is CSCCC(=O)c1cc(Br)ccc1C. The lowest BCUT2D eigenvalue weighted by molar-refractivity contribution is 0.0989. The van der Waals surface area contributed by atoms with Gasteiger partial charge < -0.3 is 0 Å². The Morgan fingerprint density at radius 3 is 2.86 bits per heavy atom. The van der Waals surface area contributed by atoms with E-state index in [0.717, 1.165) is 21.4 Å². The van der Waals surface area contributed by atoms with E-state index in [1.807, 2.05) is 31.4 Å². The summed E-state index contributed by atoms with van der Waals surface area (Å²) in [5.74, 6) is 1.13. The molecule has 0 amide bonds. The smallest absolute Gasteiger partial charge is 0.164 e. The Labute approximate surface area is 97.4 Å². The Balaban J connectivity index is 2.83. The monoisotopic (exact) mass is 272 g/mol. The van der Waals surface area contributed by atoms with Crippen LogP contribution in [0.15, 0.2) is 22.7 Å². The minimum Gasteiger partial charge on any atom is -0.294 e. The molecule has 1 nitrogen and oxygen atoms in total. The van der Waals surface area contributed by atoms with Crippen LogP contribution in [-0.2, 0) is 0 Å². The first-order valence-electron chi connectivity index (χ1n) is 4.43. The number of carbonyl (C=O) groups excluding carboxylic acids is 1. The topological polar surface area (TPSA) is 17.1 Å². The largest absolute Gasteiger partial charge is 0.294 e. The minimum absolute atomic E-state index is 0.234. The summed E-state index contributed by atoms with van der Waals surface area (Å²) in [5, 5.41) is 0. The van der Waals surface area contributed by atoms with Crippen molar-refractivity contribution in [2.45, 2.75) is 13.3 Å². The highest BCUT2D eigenvalue weighted by Gasteiger charge is 2.08. The first kappa shape index (κ1) is 11.8. The van der Waals surface area contributed by atoms with Crippen molar-refractivity contribution in [2.75, 3.05) is 12.0 Å². The van der Waals surface area contributed by atoms with E-state index in [4.69, 9.17) is 0 Å². The molecular weight excluding hydrogens is 260 g/mol. The van der Waals surface area contributed by atoms with Gasteiger partial charge in [-0.25, -0.2) is 0 Å². The van der Waals surface area contributed by atoms with Gasteiger partial charge in [0.05, 0.1) is 0 Å². The molecule has 0 saturated carbocycles. The molecule has 0 N–H and O–H groups in total. The summed E-state index contributed by atoms with van der Waals surface area (Å²) in [7, 11) is 0. The Bertz CT molecular complexity index is 336. The van der Waals surface area contributed by atoms with E-state index in [0.29, 0.717) is 6.42 Å². The second-order valence-corrected chi connectivity index (χ2v) is 5.03. The van der Waals surface area contributed by atoms with Crippen LogP contribution in [-0.4, -0.2) is 17.8 Å². The third-order valence-electron chi connectivity index (χ3n) is 2.03. The number of thioether (sulfide) groups is 1. The second kappa shape index (κ2) is 5.56. The molecule has 0 radical (unpaired) electrons. The molecule has 0 atom stereocenters. The number of carbonyl (C=O) groups is 1. The number of rotatable bonds is 4. The Morgan fingerprint density at radius 2 is 2.21 bits per heavy atom. The van der Waals surface area contributed by atoms with Crippen molar-refractivity contribution in [3.63, 3.8) is 0 Å². The van der Waals surface area contributed by atoms with Crippen molar-refractivity contribution in [2.24, 2.45) is 0 Å². The molecule has 14 heavy (non-hydrogen) atoms. The number of Topliss-reactive ketones (excluding diaryl/α,β-unsaturated/α-hetero) is 1. The maximum Gasteiger partial charge on any atom is 0.164 e. The molecule has 0 spiro atoms. The van der Waals surface area contributed by atoms with Crippen molar-refractivity contribution < 1.29 is 4.79 Å². The maximum atomic E-state index is 11.7. The van der Waals surface area contributed by atoms with Gasteiger partial charge in [0, 0.05) is 22.2 Å². The fourth-order valence-corrected chi connectivity index (χ4v) is 1.97. The number of halogens is 1. The van der Waals surface area contributed by atoms with Gasteiger partial charge in [-0.15, -0.1) is 0 Å². The van der Waals surface area contributed by atoms with Gasteiger partial charge in [0.1, 0.15) is 0 Å². The average Bonchev–Trinajstić information content (AvgIpc) is 2.18. The summed E-state index contributed by atoms with van der Waals surface area (Å²) in [6.07, 6.45) is 2.64. The van der Waals surface area contributed by atoms with Gasteiger partial charge in [0.15, 0.2) is 5.78 Å². The molecule has 0 aliphatic rings. The molecule has 0 aromatic heterocycles. The molecule has 0 unspecified atom stereocenters. The zero-order chi connectivity index (χ0) is 10.6. The highest BCUT2D eigenvalue weighted by atomic mass is 79.9. The fraction of sp³-hybridized carbons (Fsp3) is 0.364. The van der Waals surface area contributed by atoms with Crippen molar-refractivity contribution in [1.82, 2.24) is 0 Å². The van der Waals surface area contributed by atoms with Crippen LogP contribution < -0.4 is 0 Å². The van der Waals surface area contributed by atoms with Gasteiger partial charge in [0.25, 0.3) is 0 Å². The van der Waals surface area contributed by atoms with Crippen molar-refractivity contribution in [3.8, 4) is 0 Å². The van der Waals surface area contributed by atoms with Gasteiger partial charge >= 0.3 is 0 Å².